The highest BCUT2D eigenvalue weighted by Gasteiger charge is 2.16. The Morgan fingerprint density at radius 2 is 2.03 bits per heavy atom. The molecule has 0 radical (unpaired) electrons. The molecular weight excluding hydrogens is 450 g/mol. The van der Waals surface area contributed by atoms with Crippen molar-refractivity contribution in [2.24, 2.45) is 0 Å². The summed E-state index contributed by atoms with van der Waals surface area (Å²) in [6.07, 6.45) is 2.72. The van der Waals surface area contributed by atoms with Crippen LogP contribution in [0.25, 0.3) is 0 Å². The number of aromatic nitrogens is 2. The molecule has 2 amide bonds. The van der Waals surface area contributed by atoms with Crippen LogP contribution in [0.4, 0.5) is 17.3 Å². The summed E-state index contributed by atoms with van der Waals surface area (Å²) in [7, 11) is 1.56. The lowest BCUT2D eigenvalue weighted by Gasteiger charge is -2.18. The zero-order valence-corrected chi connectivity index (χ0v) is 17.6. The number of aryl methyl sites for hydroxylation is 1. The third-order valence-electron chi connectivity index (χ3n) is 4.53. The van der Waals surface area contributed by atoms with E-state index in [1.165, 1.54) is 0 Å². The highest BCUT2D eigenvalue weighted by Crippen LogP contribution is 2.31. The number of hydrogen-bond donors (Lipinski definition) is 3. The Morgan fingerprint density at radius 3 is 2.87 bits per heavy atom. The molecule has 3 aromatic rings. The van der Waals surface area contributed by atoms with Crippen LogP contribution in [0.1, 0.15) is 22.3 Å². The minimum Gasteiger partial charge on any atom is -0.437 e. The average molecular weight is 468 g/mol. The molecule has 0 aliphatic carbocycles. The molecule has 0 fully saturated rings. The van der Waals surface area contributed by atoms with Crippen LogP contribution in [0.2, 0.25) is 0 Å². The number of anilines is 3. The largest absolute Gasteiger partial charge is 0.437 e. The summed E-state index contributed by atoms with van der Waals surface area (Å²) in [5, 5.41) is 8.60. The molecule has 8 nitrogen and oxygen atoms in total. The SMILES string of the molecule is CNC(=O)c1ccccc1Oc1nc(Nc2ccc3c(c2)CCC(=O)N3)ncc1Br. The molecule has 3 N–H and O–H groups in total. The third-order valence-corrected chi connectivity index (χ3v) is 5.08. The number of nitrogens with one attached hydrogen (secondary N) is 3. The van der Waals surface area contributed by atoms with E-state index in [0.717, 1.165) is 16.9 Å². The van der Waals surface area contributed by atoms with Crippen LogP contribution in [0.5, 0.6) is 11.6 Å². The number of carbonyl (C=O) groups excluding carboxylic acids is 2. The van der Waals surface area contributed by atoms with Gasteiger partial charge in [0.05, 0.1) is 16.2 Å². The molecule has 0 bridgehead atoms. The van der Waals surface area contributed by atoms with E-state index >= 15 is 0 Å². The van der Waals surface area contributed by atoms with Gasteiger partial charge in [-0.15, -0.1) is 0 Å². The van der Waals surface area contributed by atoms with Gasteiger partial charge in [0.2, 0.25) is 17.7 Å². The van der Waals surface area contributed by atoms with E-state index in [1.54, 1.807) is 37.5 Å². The van der Waals surface area contributed by atoms with Crippen molar-refractivity contribution >= 4 is 45.1 Å². The van der Waals surface area contributed by atoms with Gasteiger partial charge < -0.3 is 20.7 Å². The summed E-state index contributed by atoms with van der Waals surface area (Å²) in [6, 6.07) is 12.6. The van der Waals surface area contributed by atoms with Gasteiger partial charge in [-0.2, -0.15) is 4.98 Å². The van der Waals surface area contributed by atoms with Crippen LogP contribution >= 0.6 is 15.9 Å². The van der Waals surface area contributed by atoms with Gasteiger partial charge in [0.15, 0.2) is 0 Å². The molecule has 152 valence electrons. The van der Waals surface area contributed by atoms with Crippen LogP contribution < -0.4 is 20.7 Å². The van der Waals surface area contributed by atoms with E-state index in [4.69, 9.17) is 4.74 Å². The first-order valence-electron chi connectivity index (χ1n) is 9.25. The standard InChI is InChI=1S/C21H18BrN5O3/c1-23-19(29)14-4-2-3-5-17(14)30-20-15(22)11-24-21(27-20)25-13-7-8-16-12(10-13)6-9-18(28)26-16/h2-5,7-8,10-11H,6,9H2,1H3,(H,23,29)(H,26,28)(H,24,25,27). The summed E-state index contributed by atoms with van der Waals surface area (Å²) in [5.41, 5.74) is 3.07. The Kier molecular flexibility index (Phi) is 5.62. The second-order valence-electron chi connectivity index (χ2n) is 6.57. The zero-order valence-electron chi connectivity index (χ0n) is 16.0. The summed E-state index contributed by atoms with van der Waals surface area (Å²) in [6.45, 7) is 0. The number of halogens is 1. The normalized spacial score (nSPS) is 12.5. The maximum Gasteiger partial charge on any atom is 0.254 e. The van der Waals surface area contributed by atoms with E-state index in [-0.39, 0.29) is 17.7 Å². The molecule has 0 atom stereocenters. The van der Waals surface area contributed by atoms with Gasteiger partial charge in [0.1, 0.15) is 5.75 Å². The van der Waals surface area contributed by atoms with Crippen molar-refractivity contribution in [3.05, 3.63) is 64.3 Å². The number of para-hydroxylation sites is 1. The molecule has 4 rings (SSSR count). The van der Waals surface area contributed by atoms with Gasteiger partial charge in [-0.3, -0.25) is 9.59 Å². The first-order valence-corrected chi connectivity index (χ1v) is 10.0. The molecule has 1 aromatic heterocycles. The molecule has 1 aliphatic rings. The monoisotopic (exact) mass is 467 g/mol. The van der Waals surface area contributed by atoms with E-state index < -0.39 is 0 Å². The molecule has 0 unspecified atom stereocenters. The number of hydrogen-bond acceptors (Lipinski definition) is 6. The van der Waals surface area contributed by atoms with Crippen molar-refractivity contribution < 1.29 is 14.3 Å². The van der Waals surface area contributed by atoms with Gasteiger partial charge >= 0.3 is 0 Å². The van der Waals surface area contributed by atoms with Gasteiger partial charge in [0, 0.05) is 24.8 Å². The fraction of sp³-hybridized carbons (Fsp3) is 0.143. The number of benzene rings is 2. The van der Waals surface area contributed by atoms with Crippen LogP contribution in [-0.2, 0) is 11.2 Å². The van der Waals surface area contributed by atoms with E-state index in [0.29, 0.717) is 34.6 Å². The van der Waals surface area contributed by atoms with Crippen LogP contribution in [0.15, 0.2) is 53.1 Å². The minimum absolute atomic E-state index is 0.0262. The topological polar surface area (TPSA) is 105 Å². The van der Waals surface area contributed by atoms with Crippen molar-refractivity contribution in [3.8, 4) is 11.6 Å². The molecular formula is C21H18BrN5O3. The third kappa shape index (κ3) is 4.25. The quantitative estimate of drug-likeness (QED) is 0.523. The predicted octanol–water partition coefficient (Wildman–Crippen LogP) is 4.02. The van der Waals surface area contributed by atoms with Crippen molar-refractivity contribution in [2.45, 2.75) is 12.8 Å². The van der Waals surface area contributed by atoms with Crippen LogP contribution in [-0.4, -0.2) is 28.8 Å². The lowest BCUT2D eigenvalue weighted by atomic mass is 10.0. The molecule has 0 spiro atoms. The highest BCUT2D eigenvalue weighted by molar-refractivity contribution is 9.10. The predicted molar refractivity (Wildman–Crippen MR) is 116 cm³/mol. The molecule has 0 saturated carbocycles. The Hall–Kier alpha value is -3.46. The van der Waals surface area contributed by atoms with Crippen molar-refractivity contribution in [1.82, 2.24) is 15.3 Å². The minimum atomic E-state index is -0.254. The smallest absolute Gasteiger partial charge is 0.254 e. The maximum atomic E-state index is 12.1. The Morgan fingerprint density at radius 1 is 1.20 bits per heavy atom. The van der Waals surface area contributed by atoms with E-state index in [1.807, 2.05) is 18.2 Å². The molecule has 9 heteroatoms. The van der Waals surface area contributed by atoms with Gasteiger partial charge in [-0.25, -0.2) is 4.98 Å². The summed E-state index contributed by atoms with van der Waals surface area (Å²) in [4.78, 5) is 32.3. The average Bonchev–Trinajstić information content (AvgIpc) is 2.76. The highest BCUT2D eigenvalue weighted by atomic mass is 79.9. The summed E-state index contributed by atoms with van der Waals surface area (Å²) in [5.74, 6) is 0.764. The van der Waals surface area contributed by atoms with Crippen molar-refractivity contribution in [1.29, 1.82) is 0 Å². The lowest BCUT2D eigenvalue weighted by molar-refractivity contribution is -0.116. The number of carbonyl (C=O) groups is 2. The second kappa shape index (κ2) is 8.50. The number of amides is 2. The first-order chi connectivity index (χ1) is 14.5. The number of nitrogens with zero attached hydrogens (tertiary/aromatic N) is 2. The van der Waals surface area contributed by atoms with Crippen molar-refractivity contribution in [2.75, 3.05) is 17.7 Å². The Bertz CT molecular complexity index is 1140. The van der Waals surface area contributed by atoms with Gasteiger partial charge in [-0.1, -0.05) is 12.1 Å². The molecule has 2 heterocycles. The Balaban J connectivity index is 1.57. The van der Waals surface area contributed by atoms with E-state index in [9.17, 15) is 9.59 Å². The summed E-state index contributed by atoms with van der Waals surface area (Å²) >= 11 is 3.39. The molecule has 1 aliphatic heterocycles. The first kappa shape index (κ1) is 19.8. The Labute approximate surface area is 181 Å². The van der Waals surface area contributed by atoms with Crippen LogP contribution in [0.3, 0.4) is 0 Å². The molecule has 0 saturated heterocycles. The van der Waals surface area contributed by atoms with Gasteiger partial charge in [-0.05, 0) is 58.2 Å². The van der Waals surface area contributed by atoms with Crippen molar-refractivity contribution in [3.63, 3.8) is 0 Å². The number of ether oxygens (including phenoxy) is 1. The second-order valence-corrected chi connectivity index (χ2v) is 7.42. The zero-order chi connectivity index (χ0) is 21.1. The molecule has 30 heavy (non-hydrogen) atoms. The fourth-order valence-corrected chi connectivity index (χ4v) is 3.33. The number of fused-ring (bicyclic) bond motifs is 1. The van der Waals surface area contributed by atoms with Gasteiger partial charge in [0.25, 0.3) is 5.91 Å². The van der Waals surface area contributed by atoms with E-state index in [2.05, 4.69) is 41.8 Å². The van der Waals surface area contributed by atoms with Crippen LogP contribution in [0, 0.1) is 0 Å². The summed E-state index contributed by atoms with van der Waals surface area (Å²) < 4.78 is 6.45. The maximum absolute atomic E-state index is 12.1. The number of rotatable bonds is 5. The fourth-order valence-electron chi connectivity index (χ4n) is 3.06. The molecule has 2 aromatic carbocycles. The lowest BCUT2D eigenvalue weighted by Crippen LogP contribution is -2.18.